The zero-order chi connectivity index (χ0) is 17.6. The number of aryl methyl sites for hydroxylation is 1. The van der Waals surface area contributed by atoms with E-state index in [2.05, 4.69) is 29.7 Å². The number of hydrogen-bond acceptors (Lipinski definition) is 2. The summed E-state index contributed by atoms with van der Waals surface area (Å²) in [4.78, 5) is 24.8. The van der Waals surface area contributed by atoms with Crippen LogP contribution in [0.5, 0.6) is 0 Å². The summed E-state index contributed by atoms with van der Waals surface area (Å²) >= 11 is 0. The van der Waals surface area contributed by atoms with E-state index < -0.39 is 0 Å². The van der Waals surface area contributed by atoms with Crippen LogP contribution in [0.3, 0.4) is 0 Å². The highest BCUT2D eigenvalue weighted by atomic mass is 16.2. The predicted octanol–water partition coefficient (Wildman–Crippen LogP) is 3.48. The van der Waals surface area contributed by atoms with Crippen molar-refractivity contribution in [3.63, 3.8) is 0 Å². The van der Waals surface area contributed by atoms with Crippen LogP contribution in [0.2, 0.25) is 0 Å². The fourth-order valence-electron chi connectivity index (χ4n) is 4.14. The summed E-state index contributed by atoms with van der Waals surface area (Å²) in [5, 5.41) is 6.28. The van der Waals surface area contributed by atoms with Gasteiger partial charge in [-0.3, -0.25) is 9.59 Å². The highest BCUT2D eigenvalue weighted by molar-refractivity contribution is 5.81. The molecule has 0 heterocycles. The summed E-state index contributed by atoms with van der Waals surface area (Å²) in [6, 6.07) is 8.53. The third-order valence-electron chi connectivity index (χ3n) is 5.88. The van der Waals surface area contributed by atoms with Crippen LogP contribution in [-0.4, -0.2) is 17.9 Å². The van der Waals surface area contributed by atoms with Gasteiger partial charge in [0.15, 0.2) is 0 Å². The fraction of sp³-hybridized carbons (Fsp3) is 0.619. The van der Waals surface area contributed by atoms with Gasteiger partial charge in [0, 0.05) is 24.4 Å². The van der Waals surface area contributed by atoms with Gasteiger partial charge in [-0.1, -0.05) is 37.1 Å². The van der Waals surface area contributed by atoms with Gasteiger partial charge in [-0.2, -0.15) is 0 Å². The third-order valence-corrected chi connectivity index (χ3v) is 5.88. The molecule has 3 rings (SSSR count). The highest BCUT2D eigenvalue weighted by Gasteiger charge is 2.31. The predicted molar refractivity (Wildman–Crippen MR) is 98.9 cm³/mol. The van der Waals surface area contributed by atoms with Crippen molar-refractivity contribution in [2.75, 3.05) is 0 Å². The van der Waals surface area contributed by atoms with Crippen LogP contribution in [0.15, 0.2) is 24.3 Å². The Morgan fingerprint density at radius 3 is 2.16 bits per heavy atom. The van der Waals surface area contributed by atoms with E-state index in [0.29, 0.717) is 12.6 Å². The van der Waals surface area contributed by atoms with Crippen LogP contribution in [-0.2, 0) is 16.1 Å². The molecule has 25 heavy (non-hydrogen) atoms. The molecule has 0 atom stereocenters. The number of rotatable bonds is 5. The monoisotopic (exact) mass is 342 g/mol. The second kappa shape index (κ2) is 8.50. The second-order valence-electron chi connectivity index (χ2n) is 7.68. The number of nitrogens with one attached hydrogen (secondary N) is 2. The van der Waals surface area contributed by atoms with Crippen LogP contribution in [0.25, 0.3) is 0 Å². The Kier molecular flexibility index (Phi) is 6.11. The molecule has 1 aromatic rings. The van der Waals surface area contributed by atoms with Crippen LogP contribution in [0, 0.1) is 18.8 Å². The van der Waals surface area contributed by atoms with Gasteiger partial charge in [0.25, 0.3) is 0 Å². The first-order chi connectivity index (χ1) is 12.1. The lowest BCUT2D eigenvalue weighted by molar-refractivity contribution is -0.131. The number of amides is 2. The van der Waals surface area contributed by atoms with Crippen molar-refractivity contribution in [3.8, 4) is 0 Å². The molecule has 0 saturated heterocycles. The number of carbonyl (C=O) groups excluding carboxylic acids is 2. The molecule has 4 nitrogen and oxygen atoms in total. The van der Waals surface area contributed by atoms with Crippen molar-refractivity contribution < 1.29 is 9.59 Å². The maximum absolute atomic E-state index is 12.4. The molecule has 2 aliphatic carbocycles. The smallest absolute Gasteiger partial charge is 0.223 e. The first kappa shape index (κ1) is 18.0. The van der Waals surface area contributed by atoms with Crippen molar-refractivity contribution in [3.05, 3.63) is 35.4 Å². The van der Waals surface area contributed by atoms with Gasteiger partial charge in [0.1, 0.15) is 0 Å². The summed E-state index contributed by atoms with van der Waals surface area (Å²) in [5.74, 6) is 0.504. The van der Waals surface area contributed by atoms with Gasteiger partial charge in [-0.15, -0.1) is 0 Å². The molecule has 136 valence electrons. The normalized spacial score (nSPS) is 24.0. The van der Waals surface area contributed by atoms with E-state index in [1.807, 2.05) is 12.1 Å². The van der Waals surface area contributed by atoms with E-state index in [9.17, 15) is 9.59 Å². The largest absolute Gasteiger partial charge is 0.353 e. The minimum absolute atomic E-state index is 0.0551. The summed E-state index contributed by atoms with van der Waals surface area (Å²) in [6.45, 7) is 2.66. The average Bonchev–Trinajstić information content (AvgIpc) is 3.14. The number of hydrogen-bond donors (Lipinski definition) is 2. The molecule has 2 saturated carbocycles. The van der Waals surface area contributed by atoms with Gasteiger partial charge in [-0.05, 0) is 56.6 Å². The molecule has 1 aromatic carbocycles. The van der Waals surface area contributed by atoms with Crippen molar-refractivity contribution >= 4 is 11.8 Å². The van der Waals surface area contributed by atoms with Gasteiger partial charge >= 0.3 is 0 Å². The summed E-state index contributed by atoms with van der Waals surface area (Å²) in [6.07, 6.45) is 8.04. The SMILES string of the molecule is Cc1ccccc1CNC(=O)C1CCC(C(=O)NC2CCCC2)CC1. The van der Waals surface area contributed by atoms with E-state index in [0.717, 1.165) is 38.5 Å². The molecular weight excluding hydrogens is 312 g/mol. The number of carbonyl (C=O) groups is 2. The Hall–Kier alpha value is -1.84. The fourth-order valence-corrected chi connectivity index (χ4v) is 4.14. The Morgan fingerprint density at radius 2 is 1.52 bits per heavy atom. The lowest BCUT2D eigenvalue weighted by atomic mass is 9.81. The topological polar surface area (TPSA) is 58.2 Å². The van der Waals surface area contributed by atoms with Crippen molar-refractivity contribution in [2.45, 2.75) is 70.9 Å². The molecule has 0 aliphatic heterocycles. The van der Waals surface area contributed by atoms with Crippen LogP contribution >= 0.6 is 0 Å². The highest BCUT2D eigenvalue weighted by Crippen LogP contribution is 2.30. The Bertz CT molecular complexity index is 600. The Labute approximate surface area is 150 Å². The lowest BCUT2D eigenvalue weighted by Crippen LogP contribution is -2.40. The minimum atomic E-state index is 0.0551. The Balaban J connectivity index is 1.41. The standard InChI is InChI=1S/C21H30N2O2/c1-15-6-2-3-7-18(15)14-22-20(24)16-10-12-17(13-11-16)21(25)23-19-8-4-5-9-19/h2-3,6-7,16-17,19H,4-5,8-14H2,1H3,(H,22,24)(H,23,25). The van der Waals surface area contributed by atoms with Crippen molar-refractivity contribution in [2.24, 2.45) is 11.8 Å². The zero-order valence-corrected chi connectivity index (χ0v) is 15.2. The first-order valence-corrected chi connectivity index (χ1v) is 9.76. The first-order valence-electron chi connectivity index (χ1n) is 9.76. The second-order valence-corrected chi connectivity index (χ2v) is 7.68. The van der Waals surface area contributed by atoms with E-state index in [-0.39, 0.29) is 23.7 Å². The summed E-state index contributed by atoms with van der Waals surface area (Å²) < 4.78 is 0. The minimum Gasteiger partial charge on any atom is -0.353 e. The maximum Gasteiger partial charge on any atom is 0.223 e. The van der Waals surface area contributed by atoms with Crippen molar-refractivity contribution in [1.29, 1.82) is 0 Å². The number of benzene rings is 1. The zero-order valence-electron chi connectivity index (χ0n) is 15.2. The molecule has 2 N–H and O–H groups in total. The van der Waals surface area contributed by atoms with Gasteiger partial charge < -0.3 is 10.6 Å². The van der Waals surface area contributed by atoms with Crippen molar-refractivity contribution in [1.82, 2.24) is 10.6 Å². The van der Waals surface area contributed by atoms with Gasteiger partial charge in [-0.25, -0.2) is 0 Å². The Morgan fingerprint density at radius 1 is 0.920 bits per heavy atom. The molecule has 2 aliphatic rings. The van der Waals surface area contributed by atoms with E-state index in [1.165, 1.54) is 24.0 Å². The molecule has 0 aromatic heterocycles. The maximum atomic E-state index is 12.4. The molecule has 0 bridgehead atoms. The molecule has 0 radical (unpaired) electrons. The average molecular weight is 342 g/mol. The van der Waals surface area contributed by atoms with E-state index in [4.69, 9.17) is 0 Å². The summed E-state index contributed by atoms with van der Waals surface area (Å²) in [7, 11) is 0. The molecule has 0 unspecified atom stereocenters. The molecular formula is C21H30N2O2. The molecule has 2 fully saturated rings. The van der Waals surface area contributed by atoms with E-state index >= 15 is 0 Å². The van der Waals surface area contributed by atoms with E-state index in [1.54, 1.807) is 0 Å². The van der Waals surface area contributed by atoms with Crippen LogP contribution in [0.1, 0.15) is 62.5 Å². The lowest BCUT2D eigenvalue weighted by Gasteiger charge is -2.28. The molecule has 2 amide bonds. The molecule has 0 spiro atoms. The van der Waals surface area contributed by atoms with Gasteiger partial charge in [0.05, 0.1) is 0 Å². The van der Waals surface area contributed by atoms with Crippen LogP contribution in [0.4, 0.5) is 0 Å². The van der Waals surface area contributed by atoms with Crippen LogP contribution < -0.4 is 10.6 Å². The third kappa shape index (κ3) is 4.83. The van der Waals surface area contributed by atoms with Gasteiger partial charge in [0.2, 0.25) is 11.8 Å². The molecule has 4 heteroatoms. The summed E-state index contributed by atoms with van der Waals surface area (Å²) in [5.41, 5.74) is 2.37. The quantitative estimate of drug-likeness (QED) is 0.861.